The molecule has 2 unspecified atom stereocenters. The molecule has 46 heavy (non-hydrogen) atoms. The first-order valence-electron chi connectivity index (χ1n) is 16.8. The van der Waals surface area contributed by atoms with Gasteiger partial charge in [-0.1, -0.05) is 12.1 Å². The minimum atomic E-state index is -0.478. The largest absolute Gasteiger partial charge is 0.507 e. The predicted octanol–water partition coefficient (Wildman–Crippen LogP) is 3.49. The fourth-order valence-electron chi connectivity index (χ4n) is 8.34. The highest BCUT2D eigenvalue weighted by atomic mass is 16.6. The molecule has 1 spiro atoms. The zero-order chi connectivity index (χ0) is 32.2. The number of nitrogens with two attached hydrogens (primary N) is 1. The van der Waals surface area contributed by atoms with Crippen LogP contribution in [0.3, 0.4) is 0 Å². The molecule has 2 aromatic rings. The highest BCUT2D eigenvalue weighted by molar-refractivity contribution is 5.83. The van der Waals surface area contributed by atoms with Crippen molar-refractivity contribution in [2.45, 2.75) is 89.1 Å². The minimum Gasteiger partial charge on any atom is -0.507 e. The van der Waals surface area contributed by atoms with Crippen LogP contribution in [-0.2, 0) is 14.3 Å². The van der Waals surface area contributed by atoms with Crippen molar-refractivity contribution in [3.8, 4) is 17.0 Å². The molecule has 248 valence electrons. The van der Waals surface area contributed by atoms with E-state index in [2.05, 4.69) is 24.9 Å². The third-order valence-electron chi connectivity index (χ3n) is 10.8. The third kappa shape index (κ3) is 5.97. The molecular formula is C34H47N7O5. The number of phenols is 1. The second kappa shape index (κ2) is 11.9. The summed E-state index contributed by atoms with van der Waals surface area (Å²) in [5.41, 5.74) is 8.08. The second-order valence-corrected chi connectivity index (χ2v) is 14.9. The Labute approximate surface area is 270 Å². The number of nitrogens with zero attached hydrogens (tertiary/aromatic N) is 6. The molecule has 12 heteroatoms. The summed E-state index contributed by atoms with van der Waals surface area (Å²) in [6, 6.07) is 9.58. The van der Waals surface area contributed by atoms with E-state index in [-0.39, 0.29) is 29.8 Å². The van der Waals surface area contributed by atoms with Gasteiger partial charge in [0.1, 0.15) is 17.5 Å². The number of morpholine rings is 1. The molecule has 1 aromatic heterocycles. The van der Waals surface area contributed by atoms with Gasteiger partial charge in [-0.15, -0.1) is 10.2 Å². The average Bonchev–Trinajstić information content (AvgIpc) is 3.28. The molecule has 5 heterocycles. The van der Waals surface area contributed by atoms with E-state index in [1.807, 2.05) is 43.9 Å². The van der Waals surface area contributed by atoms with E-state index in [9.17, 15) is 14.7 Å². The fraction of sp³-hybridized carbons (Fsp3) is 0.647. The van der Waals surface area contributed by atoms with Gasteiger partial charge in [0.05, 0.1) is 18.0 Å². The number of piperazine rings is 1. The molecule has 2 amide bonds. The highest BCUT2D eigenvalue weighted by Gasteiger charge is 2.51. The Bertz CT molecular complexity index is 1450. The van der Waals surface area contributed by atoms with Crippen molar-refractivity contribution in [2.24, 2.45) is 5.41 Å². The van der Waals surface area contributed by atoms with Crippen molar-refractivity contribution in [1.29, 1.82) is 0 Å². The first-order valence-corrected chi connectivity index (χ1v) is 16.8. The molecule has 0 radical (unpaired) electrons. The SMILES string of the molecule is CC(C)(C)OC(=O)N1CCC2(CC1)CC(N1CCO[C@@H](C(=O)N3C4CCC3CN(c3cc(-c5ccccc5O)nnc3N)C4)C1)C2. The molecule has 5 aliphatic rings. The minimum absolute atomic E-state index is 0.0773. The summed E-state index contributed by atoms with van der Waals surface area (Å²) >= 11 is 0. The van der Waals surface area contributed by atoms with E-state index in [0.29, 0.717) is 54.8 Å². The maximum atomic E-state index is 14.0. The molecular weight excluding hydrogens is 586 g/mol. The Hall–Kier alpha value is -3.64. The molecule has 3 atom stereocenters. The quantitative estimate of drug-likeness (QED) is 0.515. The average molecular weight is 634 g/mol. The van der Waals surface area contributed by atoms with Gasteiger partial charge in [0, 0.05) is 63.0 Å². The van der Waals surface area contributed by atoms with Crippen LogP contribution >= 0.6 is 0 Å². The van der Waals surface area contributed by atoms with E-state index in [4.69, 9.17) is 15.2 Å². The van der Waals surface area contributed by atoms with Gasteiger partial charge in [0.15, 0.2) is 5.82 Å². The van der Waals surface area contributed by atoms with Crippen LogP contribution in [0.1, 0.15) is 59.3 Å². The topological polar surface area (TPSA) is 138 Å². The summed E-state index contributed by atoms with van der Waals surface area (Å²) in [6.45, 7) is 10.6. The van der Waals surface area contributed by atoms with E-state index in [1.54, 1.807) is 12.1 Å². The third-order valence-corrected chi connectivity index (χ3v) is 10.8. The summed E-state index contributed by atoms with van der Waals surface area (Å²) in [5, 5.41) is 18.8. The number of para-hydroxylation sites is 1. The number of carbonyl (C=O) groups is 2. The summed E-state index contributed by atoms with van der Waals surface area (Å²) in [7, 11) is 0. The zero-order valence-electron chi connectivity index (χ0n) is 27.2. The second-order valence-electron chi connectivity index (χ2n) is 14.9. The number of ether oxygens (including phenoxy) is 2. The van der Waals surface area contributed by atoms with Crippen molar-refractivity contribution in [3.05, 3.63) is 30.3 Å². The number of likely N-dealkylation sites (tertiary alicyclic amines) is 1. The van der Waals surface area contributed by atoms with Crippen LogP contribution in [0.4, 0.5) is 16.3 Å². The Balaban J connectivity index is 0.946. The van der Waals surface area contributed by atoms with Gasteiger partial charge in [-0.05, 0) is 82.9 Å². The Morgan fingerprint density at radius 2 is 1.70 bits per heavy atom. The molecule has 2 bridgehead atoms. The molecule has 1 aromatic carbocycles. The van der Waals surface area contributed by atoms with Gasteiger partial charge in [-0.3, -0.25) is 9.69 Å². The number of amides is 2. The van der Waals surface area contributed by atoms with E-state index in [1.165, 1.54) is 0 Å². The molecule has 7 rings (SSSR count). The Morgan fingerprint density at radius 3 is 2.37 bits per heavy atom. The van der Waals surface area contributed by atoms with Crippen LogP contribution in [0.25, 0.3) is 11.3 Å². The molecule has 12 nitrogen and oxygen atoms in total. The van der Waals surface area contributed by atoms with Crippen LogP contribution in [-0.4, -0.2) is 118 Å². The van der Waals surface area contributed by atoms with Crippen molar-refractivity contribution < 1.29 is 24.2 Å². The number of anilines is 2. The van der Waals surface area contributed by atoms with Crippen LogP contribution < -0.4 is 10.6 Å². The molecule has 4 aliphatic heterocycles. The first-order chi connectivity index (χ1) is 22.0. The van der Waals surface area contributed by atoms with Gasteiger partial charge >= 0.3 is 6.09 Å². The highest BCUT2D eigenvalue weighted by Crippen LogP contribution is 2.51. The fourth-order valence-corrected chi connectivity index (χ4v) is 8.34. The molecule has 5 fully saturated rings. The Morgan fingerprint density at radius 1 is 1.00 bits per heavy atom. The standard InChI is InChI=1S/C34H47N7O5/c1-33(2,3)46-32(44)38-12-10-34(11-13-38)17-24(18-34)39-14-15-45-29(21-39)31(43)41-22-8-9-23(41)20-40(19-22)27-16-26(36-37-30(27)35)25-6-4-5-7-28(25)42/h4-7,16,22-24,29,42H,8-15,17-21H2,1-3H3,(H2,35,37)/t22?,23?,29-/m1/s1. The molecule has 1 saturated carbocycles. The number of phenolic OH excluding ortho intramolecular Hbond substituents is 1. The molecule has 4 saturated heterocycles. The van der Waals surface area contributed by atoms with Gasteiger partial charge in [-0.25, -0.2) is 4.79 Å². The first kappa shape index (κ1) is 31.0. The van der Waals surface area contributed by atoms with E-state index in [0.717, 1.165) is 63.8 Å². The lowest BCUT2D eigenvalue weighted by Crippen LogP contribution is -2.63. The van der Waals surface area contributed by atoms with Crippen molar-refractivity contribution in [3.63, 3.8) is 0 Å². The number of rotatable bonds is 4. The Kier molecular flexibility index (Phi) is 7.99. The number of hydrogen-bond acceptors (Lipinski definition) is 10. The number of fused-ring (bicyclic) bond motifs is 2. The van der Waals surface area contributed by atoms with Crippen LogP contribution in [0.5, 0.6) is 5.75 Å². The van der Waals surface area contributed by atoms with E-state index < -0.39 is 11.7 Å². The summed E-state index contributed by atoms with van der Waals surface area (Å²) < 4.78 is 11.7. The van der Waals surface area contributed by atoms with Crippen LogP contribution in [0, 0.1) is 5.41 Å². The number of nitrogen functional groups attached to an aromatic ring is 1. The lowest BCUT2D eigenvalue weighted by molar-refractivity contribution is -0.157. The molecule has 1 aliphatic carbocycles. The smallest absolute Gasteiger partial charge is 0.410 e. The summed E-state index contributed by atoms with van der Waals surface area (Å²) in [6.07, 6.45) is 5.48. The maximum Gasteiger partial charge on any atom is 0.410 e. The van der Waals surface area contributed by atoms with Gasteiger partial charge in [0.2, 0.25) is 0 Å². The van der Waals surface area contributed by atoms with Gasteiger partial charge in [-0.2, -0.15) is 0 Å². The van der Waals surface area contributed by atoms with Crippen molar-refractivity contribution in [2.75, 3.05) is 56.5 Å². The van der Waals surface area contributed by atoms with Gasteiger partial charge in [0.25, 0.3) is 5.91 Å². The predicted molar refractivity (Wildman–Crippen MR) is 173 cm³/mol. The molecule has 3 N–H and O–H groups in total. The normalized spacial score (nSPS) is 26.7. The summed E-state index contributed by atoms with van der Waals surface area (Å²) in [5.74, 6) is 0.593. The zero-order valence-corrected chi connectivity index (χ0v) is 27.2. The lowest BCUT2D eigenvalue weighted by atomic mass is 9.60. The number of carbonyl (C=O) groups excluding carboxylic acids is 2. The number of hydrogen-bond donors (Lipinski definition) is 2. The van der Waals surface area contributed by atoms with Crippen LogP contribution in [0.2, 0.25) is 0 Å². The number of aromatic hydroxyl groups is 1. The van der Waals surface area contributed by atoms with E-state index >= 15 is 0 Å². The number of benzene rings is 1. The van der Waals surface area contributed by atoms with Crippen molar-refractivity contribution >= 4 is 23.5 Å². The number of piperidine rings is 1. The number of aromatic nitrogens is 2. The van der Waals surface area contributed by atoms with Gasteiger partial charge < -0.3 is 35.0 Å². The summed E-state index contributed by atoms with van der Waals surface area (Å²) in [4.78, 5) is 35.2. The van der Waals surface area contributed by atoms with Crippen LogP contribution in [0.15, 0.2) is 30.3 Å². The lowest BCUT2D eigenvalue weighted by Gasteiger charge is -2.56. The maximum absolute atomic E-state index is 14.0. The van der Waals surface area contributed by atoms with Crippen molar-refractivity contribution in [1.82, 2.24) is 24.9 Å². The monoisotopic (exact) mass is 633 g/mol.